The number of nitrogens with zero attached hydrogens (tertiary/aromatic N) is 1. The van der Waals surface area contributed by atoms with Crippen LogP contribution in [0.5, 0.6) is 0 Å². The lowest BCUT2D eigenvalue weighted by Gasteiger charge is -2.24. The summed E-state index contributed by atoms with van der Waals surface area (Å²) >= 11 is 0. The van der Waals surface area contributed by atoms with Crippen LogP contribution in [0.15, 0.2) is 30.5 Å². The van der Waals surface area contributed by atoms with Crippen molar-refractivity contribution < 1.29 is 5.11 Å². The minimum absolute atomic E-state index is 0.690. The molecule has 1 aromatic carbocycles. The second-order valence-electron chi connectivity index (χ2n) is 3.74. The SMILES string of the molecule is CCC(C)(O)n1ccc2c[c]ccc21. The summed E-state index contributed by atoms with van der Waals surface area (Å²) in [5.41, 5.74) is 0.249. The molecule has 73 valence electrons. The smallest absolute Gasteiger partial charge is 0.138 e. The van der Waals surface area contributed by atoms with Crippen LogP contribution in [0.1, 0.15) is 20.3 Å². The number of rotatable bonds is 2. The molecule has 0 aliphatic carbocycles. The second kappa shape index (κ2) is 3.14. The minimum atomic E-state index is -0.802. The Morgan fingerprint density at radius 3 is 3.00 bits per heavy atom. The molecule has 1 N–H and O–H groups in total. The van der Waals surface area contributed by atoms with Crippen LogP contribution < -0.4 is 0 Å². The standard InChI is InChI=1S/C12H14NO/c1-3-12(2,14)13-9-8-10-6-4-5-7-11(10)13/h5-9,14H,3H2,1-2H3. The summed E-state index contributed by atoms with van der Waals surface area (Å²) in [7, 11) is 0. The first-order chi connectivity index (χ1) is 6.65. The summed E-state index contributed by atoms with van der Waals surface area (Å²) < 4.78 is 1.90. The molecule has 1 radical (unpaired) electrons. The van der Waals surface area contributed by atoms with Crippen molar-refractivity contribution in [2.45, 2.75) is 26.0 Å². The van der Waals surface area contributed by atoms with Crippen LogP contribution in [0.25, 0.3) is 10.9 Å². The first-order valence-corrected chi connectivity index (χ1v) is 4.85. The number of aromatic nitrogens is 1. The van der Waals surface area contributed by atoms with Crippen LogP contribution in [0.4, 0.5) is 0 Å². The number of hydrogen-bond acceptors (Lipinski definition) is 1. The van der Waals surface area contributed by atoms with Gasteiger partial charge in [0.1, 0.15) is 5.72 Å². The van der Waals surface area contributed by atoms with E-state index in [-0.39, 0.29) is 0 Å². The first kappa shape index (κ1) is 9.28. The van der Waals surface area contributed by atoms with E-state index in [0.29, 0.717) is 6.42 Å². The summed E-state index contributed by atoms with van der Waals surface area (Å²) in [6.45, 7) is 3.80. The zero-order valence-electron chi connectivity index (χ0n) is 8.49. The average Bonchev–Trinajstić information content (AvgIpc) is 2.61. The van der Waals surface area contributed by atoms with Gasteiger partial charge in [-0.2, -0.15) is 0 Å². The molecule has 1 unspecified atom stereocenters. The fourth-order valence-corrected chi connectivity index (χ4v) is 1.61. The van der Waals surface area contributed by atoms with Crippen molar-refractivity contribution in [3.8, 4) is 0 Å². The Balaban J connectivity index is 2.64. The Kier molecular flexibility index (Phi) is 2.08. The largest absolute Gasteiger partial charge is 0.371 e. The molecule has 0 bridgehead atoms. The van der Waals surface area contributed by atoms with Gasteiger partial charge in [0.2, 0.25) is 0 Å². The van der Waals surface area contributed by atoms with Crippen molar-refractivity contribution in [1.29, 1.82) is 0 Å². The van der Waals surface area contributed by atoms with Crippen LogP contribution in [-0.2, 0) is 5.72 Å². The third-order valence-corrected chi connectivity index (χ3v) is 2.72. The van der Waals surface area contributed by atoms with Crippen molar-refractivity contribution in [1.82, 2.24) is 4.57 Å². The number of benzene rings is 1. The van der Waals surface area contributed by atoms with Crippen LogP contribution in [0.2, 0.25) is 0 Å². The number of hydrogen-bond donors (Lipinski definition) is 1. The van der Waals surface area contributed by atoms with E-state index < -0.39 is 5.72 Å². The molecule has 2 heteroatoms. The Labute approximate surface area is 83.8 Å². The highest BCUT2D eigenvalue weighted by Crippen LogP contribution is 2.24. The Hall–Kier alpha value is -1.28. The van der Waals surface area contributed by atoms with Gasteiger partial charge in [-0.25, -0.2) is 0 Å². The van der Waals surface area contributed by atoms with Crippen molar-refractivity contribution in [3.63, 3.8) is 0 Å². The van der Waals surface area contributed by atoms with E-state index in [0.717, 1.165) is 10.9 Å². The number of aliphatic hydroxyl groups is 1. The van der Waals surface area contributed by atoms with Gasteiger partial charge in [-0.1, -0.05) is 13.0 Å². The van der Waals surface area contributed by atoms with Gasteiger partial charge in [-0.15, -0.1) is 0 Å². The Morgan fingerprint density at radius 1 is 1.50 bits per heavy atom. The summed E-state index contributed by atoms with van der Waals surface area (Å²) in [6, 6.07) is 10.8. The maximum Gasteiger partial charge on any atom is 0.138 e. The lowest BCUT2D eigenvalue weighted by Crippen LogP contribution is -2.27. The summed E-state index contributed by atoms with van der Waals surface area (Å²) in [5, 5.41) is 11.2. The maximum absolute atomic E-state index is 10.1. The Bertz CT molecular complexity index is 442. The first-order valence-electron chi connectivity index (χ1n) is 4.85. The van der Waals surface area contributed by atoms with Gasteiger partial charge in [0.25, 0.3) is 0 Å². The minimum Gasteiger partial charge on any atom is -0.371 e. The van der Waals surface area contributed by atoms with Crippen LogP contribution in [-0.4, -0.2) is 9.67 Å². The van der Waals surface area contributed by atoms with Crippen LogP contribution in [0, 0.1) is 6.07 Å². The predicted molar refractivity (Wildman–Crippen MR) is 56.9 cm³/mol. The van der Waals surface area contributed by atoms with Gasteiger partial charge in [0.05, 0.1) is 5.52 Å². The lowest BCUT2D eigenvalue weighted by atomic mass is 10.2. The molecular weight excluding hydrogens is 174 g/mol. The molecule has 0 saturated heterocycles. The highest BCUT2D eigenvalue weighted by atomic mass is 16.3. The lowest BCUT2D eigenvalue weighted by molar-refractivity contribution is -0.0177. The summed E-state index contributed by atoms with van der Waals surface area (Å²) in [4.78, 5) is 0. The van der Waals surface area contributed by atoms with Gasteiger partial charge in [-0.3, -0.25) is 0 Å². The van der Waals surface area contributed by atoms with Gasteiger partial charge < -0.3 is 9.67 Å². The molecule has 0 aliphatic rings. The molecular formula is C12H14NO. The third-order valence-electron chi connectivity index (χ3n) is 2.72. The van der Waals surface area contributed by atoms with Crippen molar-refractivity contribution >= 4 is 10.9 Å². The quantitative estimate of drug-likeness (QED) is 0.769. The van der Waals surface area contributed by atoms with Gasteiger partial charge in [0, 0.05) is 11.6 Å². The van der Waals surface area contributed by atoms with E-state index in [1.807, 2.05) is 48.9 Å². The van der Waals surface area contributed by atoms with E-state index in [1.54, 1.807) is 0 Å². The van der Waals surface area contributed by atoms with Crippen LogP contribution in [0.3, 0.4) is 0 Å². The van der Waals surface area contributed by atoms with Crippen molar-refractivity contribution in [3.05, 3.63) is 36.5 Å². The summed E-state index contributed by atoms with van der Waals surface area (Å²) in [5.74, 6) is 0. The zero-order chi connectivity index (χ0) is 10.2. The molecule has 0 saturated carbocycles. The maximum atomic E-state index is 10.1. The fraction of sp³-hybridized carbons (Fsp3) is 0.333. The molecule has 14 heavy (non-hydrogen) atoms. The van der Waals surface area contributed by atoms with Crippen LogP contribution >= 0.6 is 0 Å². The van der Waals surface area contributed by atoms with E-state index in [2.05, 4.69) is 6.07 Å². The number of fused-ring (bicyclic) bond motifs is 1. The molecule has 2 aromatic rings. The molecule has 1 atom stereocenters. The molecule has 0 fully saturated rings. The second-order valence-corrected chi connectivity index (χ2v) is 3.74. The van der Waals surface area contributed by atoms with Crippen molar-refractivity contribution in [2.24, 2.45) is 0 Å². The monoisotopic (exact) mass is 188 g/mol. The Morgan fingerprint density at radius 2 is 2.29 bits per heavy atom. The molecule has 0 aliphatic heterocycles. The van der Waals surface area contributed by atoms with E-state index in [4.69, 9.17) is 0 Å². The molecule has 2 rings (SSSR count). The zero-order valence-corrected chi connectivity index (χ0v) is 8.49. The van der Waals surface area contributed by atoms with Gasteiger partial charge in [0.15, 0.2) is 0 Å². The van der Waals surface area contributed by atoms with E-state index in [1.165, 1.54) is 0 Å². The molecule has 0 amide bonds. The highest BCUT2D eigenvalue weighted by molar-refractivity contribution is 5.80. The fourth-order valence-electron chi connectivity index (χ4n) is 1.61. The average molecular weight is 188 g/mol. The van der Waals surface area contributed by atoms with Gasteiger partial charge in [-0.05, 0) is 37.6 Å². The molecule has 1 aromatic heterocycles. The topological polar surface area (TPSA) is 25.2 Å². The predicted octanol–water partition coefficient (Wildman–Crippen LogP) is 2.52. The summed E-state index contributed by atoms with van der Waals surface area (Å²) in [6.07, 6.45) is 2.61. The third kappa shape index (κ3) is 1.32. The molecule has 1 heterocycles. The van der Waals surface area contributed by atoms with E-state index >= 15 is 0 Å². The van der Waals surface area contributed by atoms with Gasteiger partial charge >= 0.3 is 0 Å². The molecule has 2 nitrogen and oxygen atoms in total. The molecule has 0 spiro atoms. The van der Waals surface area contributed by atoms with Crippen molar-refractivity contribution in [2.75, 3.05) is 0 Å². The highest BCUT2D eigenvalue weighted by Gasteiger charge is 2.20. The van der Waals surface area contributed by atoms with E-state index in [9.17, 15) is 5.11 Å². The normalized spacial score (nSPS) is 15.6.